The number of hydrogen-bond acceptors (Lipinski definition) is 3. The number of amides is 1. The molecule has 0 saturated carbocycles. The number of hydrogen-bond donors (Lipinski definition) is 2. The van der Waals surface area contributed by atoms with Crippen molar-refractivity contribution in [3.63, 3.8) is 0 Å². The summed E-state index contributed by atoms with van der Waals surface area (Å²) in [5, 5.41) is 2.81. The van der Waals surface area contributed by atoms with Gasteiger partial charge in [0.05, 0.1) is 0 Å². The van der Waals surface area contributed by atoms with E-state index >= 15 is 0 Å². The Morgan fingerprint density at radius 3 is 2.50 bits per heavy atom. The molecule has 18 heavy (non-hydrogen) atoms. The second-order valence-corrected chi connectivity index (χ2v) is 4.16. The lowest BCUT2D eigenvalue weighted by Crippen LogP contribution is -2.39. The fraction of sp³-hybridized carbons (Fsp3) is 0.462. The van der Waals surface area contributed by atoms with Crippen LogP contribution in [0.15, 0.2) is 30.3 Å². The summed E-state index contributed by atoms with van der Waals surface area (Å²) in [7, 11) is 0. The van der Waals surface area contributed by atoms with Gasteiger partial charge in [-0.1, -0.05) is 25.1 Å². The molecule has 3 N–H and O–H groups in total. The fourth-order valence-electron chi connectivity index (χ4n) is 1.26. The Hall–Kier alpha value is -1.26. The molecule has 1 aromatic carbocycles. The summed E-state index contributed by atoms with van der Waals surface area (Å²) in [6.07, 6.45) is -0.498. The van der Waals surface area contributed by atoms with E-state index in [9.17, 15) is 4.79 Å². The predicted molar refractivity (Wildman–Crippen MR) is 75.0 cm³/mol. The minimum Gasteiger partial charge on any atom is -0.481 e. The van der Waals surface area contributed by atoms with Crippen LogP contribution in [0, 0.1) is 5.92 Å². The summed E-state index contributed by atoms with van der Waals surface area (Å²) in [6.45, 7) is 4.87. The highest BCUT2D eigenvalue weighted by Gasteiger charge is 2.14. The molecule has 102 valence electrons. The Kier molecular flexibility index (Phi) is 8.16. The van der Waals surface area contributed by atoms with Gasteiger partial charge in [0.2, 0.25) is 0 Å². The van der Waals surface area contributed by atoms with Crippen molar-refractivity contribution < 1.29 is 9.53 Å². The number of carbonyl (C=O) groups excluding carboxylic acids is 1. The fourth-order valence-corrected chi connectivity index (χ4v) is 1.26. The van der Waals surface area contributed by atoms with E-state index in [4.69, 9.17) is 10.5 Å². The van der Waals surface area contributed by atoms with Gasteiger partial charge in [-0.25, -0.2) is 0 Å². The zero-order valence-corrected chi connectivity index (χ0v) is 11.6. The Balaban J connectivity index is 0.00000289. The summed E-state index contributed by atoms with van der Waals surface area (Å²) >= 11 is 0. The molecule has 1 aromatic rings. The smallest absolute Gasteiger partial charge is 0.260 e. The molecule has 2 unspecified atom stereocenters. The average Bonchev–Trinajstić information content (AvgIpc) is 2.36. The molecule has 1 amide bonds. The summed E-state index contributed by atoms with van der Waals surface area (Å²) in [5.74, 6) is 0.860. The minimum absolute atomic E-state index is 0. The van der Waals surface area contributed by atoms with Crippen molar-refractivity contribution in [2.45, 2.75) is 20.0 Å². The lowest BCUT2D eigenvalue weighted by atomic mass is 10.2. The number of carbonyl (C=O) groups is 1. The molecule has 5 heteroatoms. The molecule has 0 spiro atoms. The average molecular weight is 273 g/mol. The summed E-state index contributed by atoms with van der Waals surface area (Å²) < 4.78 is 5.50. The van der Waals surface area contributed by atoms with Crippen LogP contribution in [-0.2, 0) is 4.79 Å². The number of nitrogens with one attached hydrogen (secondary N) is 1. The van der Waals surface area contributed by atoms with Gasteiger partial charge in [-0.3, -0.25) is 4.79 Å². The molecular formula is C13H21ClN2O2. The monoisotopic (exact) mass is 272 g/mol. The van der Waals surface area contributed by atoms with Gasteiger partial charge in [0, 0.05) is 6.54 Å². The SMILES string of the molecule is CC(CN)CNC(=O)C(C)Oc1ccccc1.Cl. The lowest BCUT2D eigenvalue weighted by molar-refractivity contribution is -0.127. The molecule has 0 aliphatic rings. The third-order valence-corrected chi connectivity index (χ3v) is 2.45. The Morgan fingerprint density at radius 2 is 1.94 bits per heavy atom. The van der Waals surface area contributed by atoms with Gasteiger partial charge in [0.1, 0.15) is 5.75 Å². The number of benzene rings is 1. The van der Waals surface area contributed by atoms with Crippen LogP contribution < -0.4 is 15.8 Å². The van der Waals surface area contributed by atoms with Gasteiger partial charge >= 0.3 is 0 Å². The molecule has 0 radical (unpaired) electrons. The highest BCUT2D eigenvalue weighted by molar-refractivity contribution is 5.85. The second kappa shape index (κ2) is 8.78. The molecule has 1 rings (SSSR count). The number of para-hydroxylation sites is 1. The molecule has 0 fully saturated rings. The second-order valence-electron chi connectivity index (χ2n) is 4.16. The molecule has 0 saturated heterocycles. The zero-order chi connectivity index (χ0) is 12.7. The largest absolute Gasteiger partial charge is 0.481 e. The third-order valence-electron chi connectivity index (χ3n) is 2.45. The van der Waals surface area contributed by atoms with Crippen molar-refractivity contribution in [2.75, 3.05) is 13.1 Å². The summed E-state index contributed by atoms with van der Waals surface area (Å²) in [4.78, 5) is 11.7. The Labute approximate surface area is 114 Å². The van der Waals surface area contributed by atoms with E-state index in [0.717, 1.165) is 0 Å². The first-order valence-electron chi connectivity index (χ1n) is 5.83. The van der Waals surface area contributed by atoms with Crippen LogP contribution in [0.3, 0.4) is 0 Å². The van der Waals surface area contributed by atoms with Gasteiger partial charge in [-0.15, -0.1) is 12.4 Å². The van der Waals surface area contributed by atoms with Crippen LogP contribution >= 0.6 is 12.4 Å². The van der Waals surface area contributed by atoms with Crippen LogP contribution in [0.25, 0.3) is 0 Å². The van der Waals surface area contributed by atoms with Crippen LogP contribution in [-0.4, -0.2) is 25.1 Å². The van der Waals surface area contributed by atoms with Crippen LogP contribution in [0.4, 0.5) is 0 Å². The first-order chi connectivity index (χ1) is 8.13. The van der Waals surface area contributed by atoms with Crippen molar-refractivity contribution >= 4 is 18.3 Å². The predicted octanol–water partition coefficient (Wildman–Crippen LogP) is 1.59. The highest BCUT2D eigenvalue weighted by Crippen LogP contribution is 2.10. The molecule has 0 bridgehead atoms. The van der Waals surface area contributed by atoms with Gasteiger partial charge in [-0.2, -0.15) is 0 Å². The third kappa shape index (κ3) is 5.89. The molecular weight excluding hydrogens is 252 g/mol. The maximum absolute atomic E-state index is 11.7. The number of rotatable bonds is 6. The molecule has 0 aliphatic heterocycles. The van der Waals surface area contributed by atoms with E-state index in [0.29, 0.717) is 18.8 Å². The van der Waals surface area contributed by atoms with Gasteiger partial charge in [0.15, 0.2) is 6.10 Å². The van der Waals surface area contributed by atoms with E-state index in [-0.39, 0.29) is 24.2 Å². The van der Waals surface area contributed by atoms with Crippen molar-refractivity contribution in [3.8, 4) is 5.75 Å². The topological polar surface area (TPSA) is 64.3 Å². The molecule has 0 heterocycles. The minimum atomic E-state index is -0.498. The van der Waals surface area contributed by atoms with Crippen LogP contribution in [0.2, 0.25) is 0 Å². The molecule has 0 aliphatic carbocycles. The molecule has 4 nitrogen and oxygen atoms in total. The van der Waals surface area contributed by atoms with Crippen molar-refractivity contribution in [3.05, 3.63) is 30.3 Å². The lowest BCUT2D eigenvalue weighted by Gasteiger charge is -2.16. The van der Waals surface area contributed by atoms with E-state index < -0.39 is 6.10 Å². The van der Waals surface area contributed by atoms with Gasteiger partial charge in [-0.05, 0) is 31.5 Å². The van der Waals surface area contributed by atoms with Crippen molar-refractivity contribution in [1.29, 1.82) is 0 Å². The van der Waals surface area contributed by atoms with Crippen molar-refractivity contribution in [1.82, 2.24) is 5.32 Å². The molecule has 0 aromatic heterocycles. The summed E-state index contributed by atoms with van der Waals surface area (Å²) in [6, 6.07) is 9.30. The van der Waals surface area contributed by atoms with E-state index in [1.54, 1.807) is 6.92 Å². The van der Waals surface area contributed by atoms with Gasteiger partial charge in [0.25, 0.3) is 5.91 Å². The molecule has 2 atom stereocenters. The van der Waals surface area contributed by atoms with Gasteiger partial charge < -0.3 is 15.8 Å². The van der Waals surface area contributed by atoms with Crippen LogP contribution in [0.1, 0.15) is 13.8 Å². The normalized spacial score (nSPS) is 13.1. The summed E-state index contributed by atoms with van der Waals surface area (Å²) in [5.41, 5.74) is 5.48. The number of halogens is 1. The van der Waals surface area contributed by atoms with E-state index in [1.807, 2.05) is 37.3 Å². The highest BCUT2D eigenvalue weighted by atomic mass is 35.5. The number of ether oxygens (including phenoxy) is 1. The van der Waals surface area contributed by atoms with E-state index in [2.05, 4.69) is 5.32 Å². The maximum atomic E-state index is 11.7. The van der Waals surface area contributed by atoms with E-state index in [1.165, 1.54) is 0 Å². The van der Waals surface area contributed by atoms with Crippen molar-refractivity contribution in [2.24, 2.45) is 11.7 Å². The quantitative estimate of drug-likeness (QED) is 0.827. The maximum Gasteiger partial charge on any atom is 0.260 e. The number of nitrogens with two attached hydrogens (primary N) is 1. The zero-order valence-electron chi connectivity index (χ0n) is 10.8. The standard InChI is InChI=1S/C13H20N2O2.ClH/c1-10(8-14)9-15-13(16)11(2)17-12-6-4-3-5-7-12;/h3-7,10-11H,8-9,14H2,1-2H3,(H,15,16);1H. The first kappa shape index (κ1) is 16.7. The van der Waals surface area contributed by atoms with Crippen LogP contribution in [0.5, 0.6) is 5.75 Å². The first-order valence-corrected chi connectivity index (χ1v) is 5.83. The Bertz CT molecular complexity index is 346. The Morgan fingerprint density at radius 1 is 1.33 bits per heavy atom.